The monoisotopic (exact) mass is 239 g/mol. The van der Waals surface area contributed by atoms with E-state index in [0.717, 1.165) is 17.8 Å². The van der Waals surface area contributed by atoms with Gasteiger partial charge in [0.1, 0.15) is 0 Å². The molecule has 3 nitrogen and oxygen atoms in total. The van der Waals surface area contributed by atoms with Crippen LogP contribution in [0.4, 0.5) is 0 Å². The molecule has 0 bridgehead atoms. The predicted molar refractivity (Wildman–Crippen MR) is 71.4 cm³/mol. The summed E-state index contributed by atoms with van der Waals surface area (Å²) >= 11 is 0. The first-order valence-corrected chi connectivity index (χ1v) is 6.03. The van der Waals surface area contributed by atoms with E-state index in [1.54, 1.807) is 0 Å². The molecule has 18 heavy (non-hydrogen) atoms. The zero-order valence-corrected chi connectivity index (χ0v) is 11.3. The van der Waals surface area contributed by atoms with Crippen molar-refractivity contribution in [2.24, 2.45) is 0 Å². The van der Waals surface area contributed by atoms with Gasteiger partial charge in [0.2, 0.25) is 0 Å². The largest absolute Gasteiger partial charge is 0.265 e. The van der Waals surface area contributed by atoms with Crippen molar-refractivity contribution >= 4 is 0 Å². The van der Waals surface area contributed by atoms with Gasteiger partial charge >= 0.3 is 0 Å². The number of nitrogens with zero attached hydrogens (tertiary/aromatic N) is 3. The average molecular weight is 239 g/mol. The quantitative estimate of drug-likeness (QED) is 0.808. The highest BCUT2D eigenvalue weighted by molar-refractivity contribution is 5.37. The van der Waals surface area contributed by atoms with Crippen molar-refractivity contribution in [3.8, 4) is 6.07 Å². The molecule has 1 heterocycles. The second-order valence-corrected chi connectivity index (χ2v) is 4.71. The molecule has 2 aromatic rings. The maximum absolute atomic E-state index is 8.86. The fourth-order valence-electron chi connectivity index (χ4n) is 2.04. The summed E-state index contributed by atoms with van der Waals surface area (Å²) in [6, 6.07) is 7.96. The maximum atomic E-state index is 8.86. The molecule has 0 fully saturated rings. The molecule has 2 rings (SSSR count). The molecule has 0 atom stereocenters. The fraction of sp³-hybridized carbons (Fsp3) is 0.333. The Bertz CT molecular complexity index is 630. The lowest BCUT2D eigenvalue weighted by atomic mass is 10.1. The van der Waals surface area contributed by atoms with Crippen LogP contribution in [0.1, 0.15) is 33.6 Å². The van der Waals surface area contributed by atoms with Crippen LogP contribution in [0.25, 0.3) is 0 Å². The van der Waals surface area contributed by atoms with Crippen molar-refractivity contribution in [3.63, 3.8) is 0 Å². The van der Waals surface area contributed by atoms with Gasteiger partial charge in [0.25, 0.3) is 0 Å². The molecule has 0 aliphatic rings. The van der Waals surface area contributed by atoms with Crippen LogP contribution in [0.3, 0.4) is 0 Å². The van der Waals surface area contributed by atoms with Crippen molar-refractivity contribution < 1.29 is 0 Å². The van der Waals surface area contributed by atoms with Crippen molar-refractivity contribution in [3.05, 3.63) is 51.8 Å². The molecule has 0 saturated carbocycles. The molecule has 0 aliphatic carbocycles. The Balaban J connectivity index is 2.35. The average Bonchev–Trinajstić information content (AvgIpc) is 2.59. The van der Waals surface area contributed by atoms with Crippen molar-refractivity contribution in [1.29, 1.82) is 5.26 Å². The topological polar surface area (TPSA) is 41.6 Å². The highest BCUT2D eigenvalue weighted by Crippen LogP contribution is 2.16. The van der Waals surface area contributed by atoms with E-state index in [1.807, 2.05) is 36.7 Å². The normalized spacial score (nSPS) is 10.4. The van der Waals surface area contributed by atoms with E-state index in [1.165, 1.54) is 16.8 Å². The molecule has 1 aromatic carbocycles. The van der Waals surface area contributed by atoms with E-state index in [9.17, 15) is 0 Å². The number of nitriles is 1. The van der Waals surface area contributed by atoms with Gasteiger partial charge in [0.05, 0.1) is 23.9 Å². The van der Waals surface area contributed by atoms with Crippen LogP contribution >= 0.6 is 0 Å². The number of hydrogen-bond donors (Lipinski definition) is 0. The Hall–Kier alpha value is -2.08. The van der Waals surface area contributed by atoms with Gasteiger partial charge < -0.3 is 0 Å². The summed E-state index contributed by atoms with van der Waals surface area (Å²) in [5, 5.41) is 13.4. The van der Waals surface area contributed by atoms with E-state index in [0.29, 0.717) is 5.56 Å². The van der Waals surface area contributed by atoms with Crippen molar-refractivity contribution in [2.45, 2.75) is 34.2 Å². The highest BCUT2D eigenvalue weighted by atomic mass is 15.3. The molecule has 0 unspecified atom stereocenters. The van der Waals surface area contributed by atoms with Crippen LogP contribution < -0.4 is 0 Å². The van der Waals surface area contributed by atoms with Gasteiger partial charge in [-0.15, -0.1) is 0 Å². The summed E-state index contributed by atoms with van der Waals surface area (Å²) in [5.41, 5.74) is 6.59. The minimum absolute atomic E-state index is 0.709. The number of benzene rings is 1. The van der Waals surface area contributed by atoms with Crippen LogP contribution in [-0.4, -0.2) is 9.78 Å². The third-order valence-electron chi connectivity index (χ3n) is 3.54. The first kappa shape index (κ1) is 12.4. The van der Waals surface area contributed by atoms with E-state index in [-0.39, 0.29) is 0 Å². The molecule has 0 amide bonds. The Morgan fingerprint density at radius 3 is 2.44 bits per heavy atom. The minimum Gasteiger partial charge on any atom is -0.265 e. The second-order valence-electron chi connectivity index (χ2n) is 4.71. The third kappa shape index (κ3) is 2.14. The van der Waals surface area contributed by atoms with Gasteiger partial charge in [-0.05, 0) is 56.5 Å². The van der Waals surface area contributed by atoms with Crippen LogP contribution in [0.2, 0.25) is 0 Å². The molecule has 3 heteroatoms. The van der Waals surface area contributed by atoms with Crippen LogP contribution in [0.5, 0.6) is 0 Å². The third-order valence-corrected chi connectivity index (χ3v) is 3.54. The van der Waals surface area contributed by atoms with Crippen molar-refractivity contribution in [1.82, 2.24) is 9.78 Å². The van der Waals surface area contributed by atoms with Gasteiger partial charge in [-0.1, -0.05) is 6.07 Å². The molecule has 0 N–H and O–H groups in total. The summed E-state index contributed by atoms with van der Waals surface area (Å²) < 4.78 is 2.03. The molecular formula is C15H17N3. The SMILES string of the molecule is Cc1cc(C#N)ccc1Cn1nc(C)c(C)c1C. The Morgan fingerprint density at radius 2 is 1.94 bits per heavy atom. The zero-order valence-electron chi connectivity index (χ0n) is 11.3. The first-order chi connectivity index (χ1) is 8.52. The van der Waals surface area contributed by atoms with Crippen molar-refractivity contribution in [2.75, 3.05) is 0 Å². The lowest BCUT2D eigenvalue weighted by Crippen LogP contribution is -2.05. The zero-order chi connectivity index (χ0) is 13.3. The second kappa shape index (κ2) is 4.66. The molecule has 0 saturated heterocycles. The fourth-order valence-corrected chi connectivity index (χ4v) is 2.04. The minimum atomic E-state index is 0.709. The van der Waals surface area contributed by atoms with E-state index in [4.69, 9.17) is 5.26 Å². The number of rotatable bonds is 2. The lowest BCUT2D eigenvalue weighted by Gasteiger charge is -2.08. The molecule has 0 radical (unpaired) electrons. The Morgan fingerprint density at radius 1 is 1.22 bits per heavy atom. The predicted octanol–water partition coefficient (Wildman–Crippen LogP) is 3.04. The summed E-state index contributed by atoms with van der Waals surface area (Å²) in [4.78, 5) is 0. The summed E-state index contributed by atoms with van der Waals surface area (Å²) in [7, 11) is 0. The van der Waals surface area contributed by atoms with Gasteiger partial charge in [-0.25, -0.2) is 0 Å². The molecule has 92 valence electrons. The summed E-state index contributed by atoms with van der Waals surface area (Å²) in [5.74, 6) is 0. The molecule has 0 spiro atoms. The van der Waals surface area contributed by atoms with Crippen LogP contribution in [0, 0.1) is 39.0 Å². The van der Waals surface area contributed by atoms with Crippen LogP contribution in [0.15, 0.2) is 18.2 Å². The maximum Gasteiger partial charge on any atom is 0.0991 e. The highest BCUT2D eigenvalue weighted by Gasteiger charge is 2.08. The van der Waals surface area contributed by atoms with E-state index in [2.05, 4.69) is 25.0 Å². The smallest absolute Gasteiger partial charge is 0.0991 e. The molecular weight excluding hydrogens is 222 g/mol. The number of aromatic nitrogens is 2. The van der Waals surface area contributed by atoms with Gasteiger partial charge in [0, 0.05) is 5.69 Å². The van der Waals surface area contributed by atoms with Gasteiger partial charge in [0.15, 0.2) is 0 Å². The Kier molecular flexibility index (Phi) is 3.20. The van der Waals surface area contributed by atoms with E-state index >= 15 is 0 Å². The molecule has 0 aliphatic heterocycles. The Labute approximate surface area is 108 Å². The number of aryl methyl sites for hydroxylation is 2. The molecule has 1 aromatic heterocycles. The van der Waals surface area contributed by atoms with Crippen LogP contribution in [-0.2, 0) is 6.54 Å². The summed E-state index contributed by atoms with van der Waals surface area (Å²) in [6.45, 7) is 9.02. The summed E-state index contributed by atoms with van der Waals surface area (Å²) in [6.07, 6.45) is 0. The standard InChI is InChI=1S/C15H17N3/c1-10-7-14(8-16)5-6-15(10)9-18-13(4)11(2)12(3)17-18/h5-7H,9H2,1-4H3. The number of hydrogen-bond acceptors (Lipinski definition) is 2. The lowest BCUT2D eigenvalue weighted by molar-refractivity contribution is 0.656. The van der Waals surface area contributed by atoms with Gasteiger partial charge in [-0.3, -0.25) is 4.68 Å². The first-order valence-electron chi connectivity index (χ1n) is 6.03. The van der Waals surface area contributed by atoms with E-state index < -0.39 is 0 Å². The van der Waals surface area contributed by atoms with Gasteiger partial charge in [-0.2, -0.15) is 10.4 Å².